The molecule has 0 amide bonds. The van der Waals surface area contributed by atoms with Crippen molar-refractivity contribution in [1.29, 1.82) is 0 Å². The molecule has 8 aromatic carbocycles. The predicted molar refractivity (Wildman–Crippen MR) is 209 cm³/mol. The third kappa shape index (κ3) is 6.87. The van der Waals surface area contributed by atoms with E-state index in [-0.39, 0.29) is 31.9 Å². The number of rotatable bonds is 7. The number of anilines is 6. The topological polar surface area (TPSA) is 6.48 Å². The Labute approximate surface area is 301 Å². The second-order valence-corrected chi connectivity index (χ2v) is 11.4. The van der Waals surface area contributed by atoms with Crippen LogP contribution < -0.4 is 9.80 Å². The molecule has 3 heteroatoms. The second-order valence-electron chi connectivity index (χ2n) is 11.4. The molecule has 0 spiro atoms. The predicted octanol–water partition coefficient (Wildman–Crippen LogP) is 13.5. The summed E-state index contributed by atoms with van der Waals surface area (Å²) in [5, 5.41) is 4.90. The fraction of sp³-hybridized carbons (Fsp3) is 0. The molecule has 49 heavy (non-hydrogen) atoms. The van der Waals surface area contributed by atoms with Gasteiger partial charge in [-0.1, -0.05) is 133 Å². The molecule has 245 valence electrons. The first kappa shape index (κ1) is 34.7. The molecule has 2 nitrogen and oxygen atoms in total. The molecule has 8 rings (SSSR count). The van der Waals surface area contributed by atoms with Crippen molar-refractivity contribution in [2.24, 2.45) is 0 Å². The zero-order valence-electron chi connectivity index (χ0n) is 27.7. The number of fused-ring (bicyclic) bond motifs is 2. The van der Waals surface area contributed by atoms with Gasteiger partial charge in [-0.25, -0.2) is 0 Å². The van der Waals surface area contributed by atoms with Gasteiger partial charge in [0.1, 0.15) is 0 Å². The average molecular weight is 682 g/mol. The van der Waals surface area contributed by atoms with Gasteiger partial charge in [0.2, 0.25) is 0 Å². The van der Waals surface area contributed by atoms with Crippen molar-refractivity contribution in [2.45, 2.75) is 0 Å². The van der Waals surface area contributed by atoms with Gasteiger partial charge in [-0.2, -0.15) is 0 Å². The Balaban J connectivity index is 0.00000156. The molecule has 0 unspecified atom stereocenters. The molecule has 0 aromatic heterocycles. The van der Waals surface area contributed by atoms with Crippen LogP contribution in [0.3, 0.4) is 0 Å². The van der Waals surface area contributed by atoms with E-state index in [0.717, 1.165) is 34.1 Å². The summed E-state index contributed by atoms with van der Waals surface area (Å²) in [5.74, 6) is 0. The van der Waals surface area contributed by atoms with E-state index in [1.54, 1.807) is 0 Å². The van der Waals surface area contributed by atoms with Crippen LogP contribution in [0, 0.1) is 14.9 Å². The summed E-state index contributed by atoms with van der Waals surface area (Å²) in [6.45, 7) is 0. The number of hydrogen-bond donors (Lipinski definition) is 0. The van der Waals surface area contributed by atoms with Gasteiger partial charge >= 0.3 is 0 Å². The van der Waals surface area contributed by atoms with Crippen LogP contribution in [-0.2, 0) is 17.1 Å². The van der Waals surface area contributed by atoms with Crippen molar-refractivity contribution in [3.63, 3.8) is 0 Å². The van der Waals surface area contributed by atoms with Crippen LogP contribution in [0.15, 0.2) is 194 Å². The molecule has 0 aliphatic carbocycles. The first-order chi connectivity index (χ1) is 22.8. The van der Waals surface area contributed by atoms with Gasteiger partial charge in [-0.05, 0) is 82.6 Å². The van der Waals surface area contributed by atoms with Crippen molar-refractivity contribution in [3.05, 3.63) is 209 Å². The molecule has 0 atom stereocenters. The number of hydrogen-bond acceptors (Lipinski definition) is 2. The molecule has 0 fully saturated rings. The molecule has 0 N–H and O–H groups in total. The number of para-hydroxylation sites is 2. The maximum absolute atomic E-state index is 2.34. The van der Waals surface area contributed by atoms with Crippen molar-refractivity contribution in [3.8, 4) is 11.1 Å². The first-order valence-electron chi connectivity index (χ1n) is 15.7. The molecular weight excluding hydrogens is 644 g/mol. The Bertz CT molecular complexity index is 2070. The van der Waals surface area contributed by atoms with E-state index in [2.05, 4.69) is 204 Å². The van der Waals surface area contributed by atoms with Gasteiger partial charge in [0, 0.05) is 50.6 Å². The van der Waals surface area contributed by atoms with Gasteiger partial charge < -0.3 is 24.7 Å². The molecule has 0 aliphatic heterocycles. The minimum absolute atomic E-state index is 0. The maximum Gasteiger partial charge on any atom is 0.0540 e. The van der Waals surface area contributed by atoms with E-state index in [9.17, 15) is 0 Å². The van der Waals surface area contributed by atoms with Crippen molar-refractivity contribution in [2.75, 3.05) is 9.80 Å². The minimum Gasteiger partial charge on any atom is -0.358 e. The summed E-state index contributed by atoms with van der Waals surface area (Å²) >= 11 is 0. The van der Waals surface area contributed by atoms with E-state index < -0.39 is 0 Å². The molecule has 0 bridgehead atoms. The molecule has 8 aromatic rings. The van der Waals surface area contributed by atoms with E-state index in [0.29, 0.717) is 0 Å². The van der Waals surface area contributed by atoms with Gasteiger partial charge in [0.15, 0.2) is 0 Å². The first-order valence-corrected chi connectivity index (χ1v) is 15.7. The summed E-state index contributed by atoms with van der Waals surface area (Å²) in [6, 6.07) is 69.2. The monoisotopic (exact) mass is 681 g/mol. The summed E-state index contributed by atoms with van der Waals surface area (Å²) in [7, 11) is 0. The zero-order valence-corrected chi connectivity index (χ0v) is 28.6. The number of nitrogens with zero attached hydrogens (tertiary/aromatic N) is 2. The van der Waals surface area contributed by atoms with E-state index >= 15 is 0 Å². The molecule has 0 aliphatic rings. The van der Waals surface area contributed by atoms with Gasteiger partial charge in [-0.15, -0.1) is 0 Å². The maximum atomic E-state index is 2.34. The summed E-state index contributed by atoms with van der Waals surface area (Å²) in [4.78, 5) is 4.69. The molecule has 0 heterocycles. The van der Waals surface area contributed by atoms with Gasteiger partial charge in [0.05, 0.1) is 11.4 Å². The Hall–Kier alpha value is -5.60. The van der Waals surface area contributed by atoms with Crippen molar-refractivity contribution in [1.82, 2.24) is 0 Å². The van der Waals surface area contributed by atoms with Crippen LogP contribution in [0.25, 0.3) is 32.7 Å². The average Bonchev–Trinajstić information content (AvgIpc) is 3.14. The van der Waals surface area contributed by atoms with E-state index in [4.69, 9.17) is 0 Å². The summed E-state index contributed by atoms with van der Waals surface area (Å²) < 4.78 is 0. The molecule has 0 saturated carbocycles. The normalized spacial score (nSPS) is 10.4. The van der Waals surface area contributed by atoms with Crippen LogP contribution in [0.1, 0.15) is 0 Å². The minimum atomic E-state index is 0. The van der Waals surface area contributed by atoms with Gasteiger partial charge in [0.25, 0.3) is 0 Å². The van der Waals surface area contributed by atoms with E-state index in [1.807, 2.05) is 0 Å². The van der Waals surface area contributed by atoms with Crippen molar-refractivity contribution < 1.29 is 17.1 Å². The standard InChI is InChI=1S/C44H32N2.2CH3.Cu/c1-3-17-37(18-4-1)45(43-23-11-15-35-13-7-9-21-41(35)43)39-29-25-33(26-30-39)34-27-31-40(32-28-34)46(38-19-5-2-6-20-38)44-24-12-16-36-14-8-10-22-42(36)44;;;/h1-32H;2*1H3;/q;2*-1;. The van der Waals surface area contributed by atoms with Crippen LogP contribution in [0.2, 0.25) is 0 Å². The molecule has 0 saturated heterocycles. The molecular formula is C46H38CuN2-2. The Morgan fingerprint density at radius 1 is 0.265 bits per heavy atom. The second kappa shape index (κ2) is 15.5. The fourth-order valence-electron chi connectivity index (χ4n) is 6.42. The van der Waals surface area contributed by atoms with Crippen LogP contribution in [0.4, 0.5) is 34.1 Å². The third-order valence-electron chi connectivity index (χ3n) is 8.63. The Morgan fingerprint density at radius 3 is 0.959 bits per heavy atom. The Kier molecular flexibility index (Phi) is 11.0. The van der Waals surface area contributed by atoms with Crippen LogP contribution in [0.5, 0.6) is 0 Å². The summed E-state index contributed by atoms with van der Waals surface area (Å²) in [6.07, 6.45) is 0. The fourth-order valence-corrected chi connectivity index (χ4v) is 6.42. The third-order valence-corrected chi connectivity index (χ3v) is 8.63. The summed E-state index contributed by atoms with van der Waals surface area (Å²) in [5.41, 5.74) is 9.18. The quantitative estimate of drug-likeness (QED) is 0.122. The largest absolute Gasteiger partial charge is 0.358 e. The van der Waals surface area contributed by atoms with Crippen LogP contribution >= 0.6 is 0 Å². The van der Waals surface area contributed by atoms with Gasteiger partial charge in [-0.3, -0.25) is 0 Å². The Morgan fingerprint density at radius 2 is 0.571 bits per heavy atom. The van der Waals surface area contributed by atoms with Crippen molar-refractivity contribution >= 4 is 55.7 Å². The van der Waals surface area contributed by atoms with E-state index in [1.165, 1.54) is 32.7 Å². The molecule has 1 radical (unpaired) electrons. The number of benzene rings is 8. The van der Waals surface area contributed by atoms with Crippen LogP contribution in [-0.4, -0.2) is 0 Å². The zero-order chi connectivity index (χ0) is 30.7. The smallest absolute Gasteiger partial charge is 0.0540 e. The SMILES string of the molecule is [CH3-].[CH3-].[Cu].c1ccc(N(c2ccc(-c3ccc(N(c4ccccc4)c4cccc5ccccc45)cc3)cc2)c2cccc3ccccc23)cc1.